The Hall–Kier alpha value is -2.27. The molecule has 0 spiro atoms. The summed E-state index contributed by atoms with van der Waals surface area (Å²) in [6.07, 6.45) is 0. The van der Waals surface area contributed by atoms with Crippen molar-refractivity contribution in [1.82, 2.24) is 0 Å². The molecule has 0 aliphatic heterocycles. The third kappa shape index (κ3) is 6.08. The van der Waals surface area contributed by atoms with Crippen molar-refractivity contribution in [2.45, 2.75) is 25.7 Å². The lowest BCUT2D eigenvalue weighted by Crippen LogP contribution is -2.21. The highest BCUT2D eigenvalue weighted by molar-refractivity contribution is 8.01. The second-order valence-electron chi connectivity index (χ2n) is 5.46. The molecular weight excluding hydrogens is 322 g/mol. The van der Waals surface area contributed by atoms with Crippen LogP contribution in [-0.2, 0) is 20.9 Å². The second kappa shape index (κ2) is 9.13. The molecule has 4 nitrogen and oxygen atoms in total. The predicted molar refractivity (Wildman–Crippen MR) is 98.0 cm³/mol. The van der Waals surface area contributed by atoms with Gasteiger partial charge in [-0.2, -0.15) is 0 Å². The van der Waals surface area contributed by atoms with Gasteiger partial charge in [-0.15, -0.1) is 11.8 Å². The number of aryl methyl sites for hydroxylation is 1. The van der Waals surface area contributed by atoms with Crippen LogP contribution in [0.4, 0.5) is 5.69 Å². The molecule has 1 atom stereocenters. The number of esters is 1. The summed E-state index contributed by atoms with van der Waals surface area (Å²) < 4.78 is 5.26. The van der Waals surface area contributed by atoms with E-state index in [1.54, 1.807) is 6.92 Å². The maximum Gasteiger partial charge on any atom is 0.319 e. The molecule has 0 aliphatic rings. The van der Waals surface area contributed by atoms with Crippen LogP contribution in [-0.4, -0.2) is 22.9 Å². The third-order valence-electron chi connectivity index (χ3n) is 3.32. The van der Waals surface area contributed by atoms with Gasteiger partial charge in [-0.3, -0.25) is 9.59 Å². The molecule has 0 heterocycles. The predicted octanol–water partition coefficient (Wildman–Crippen LogP) is 3.80. The van der Waals surface area contributed by atoms with Crippen LogP contribution in [0.25, 0.3) is 0 Å². The normalized spacial score (nSPS) is 11.6. The molecule has 5 heteroatoms. The average molecular weight is 343 g/mol. The van der Waals surface area contributed by atoms with E-state index in [0.717, 1.165) is 16.8 Å². The minimum Gasteiger partial charge on any atom is -0.460 e. The topological polar surface area (TPSA) is 55.4 Å². The fourth-order valence-corrected chi connectivity index (χ4v) is 2.71. The molecule has 0 bridgehead atoms. The maximum absolute atomic E-state index is 12.0. The van der Waals surface area contributed by atoms with Crippen molar-refractivity contribution in [3.05, 3.63) is 65.7 Å². The molecule has 2 aromatic rings. The number of hydrogen-bond acceptors (Lipinski definition) is 4. The lowest BCUT2D eigenvalue weighted by atomic mass is 10.2. The number of carbonyl (C=O) groups excluding carboxylic acids is 2. The van der Waals surface area contributed by atoms with E-state index in [4.69, 9.17) is 4.74 Å². The molecule has 24 heavy (non-hydrogen) atoms. The Morgan fingerprint density at radius 3 is 2.58 bits per heavy atom. The zero-order chi connectivity index (χ0) is 17.4. The number of thioether (sulfide) groups is 1. The van der Waals surface area contributed by atoms with Crippen molar-refractivity contribution in [3.63, 3.8) is 0 Å². The van der Waals surface area contributed by atoms with Crippen LogP contribution in [0.1, 0.15) is 18.1 Å². The zero-order valence-corrected chi connectivity index (χ0v) is 14.6. The number of amides is 1. The van der Waals surface area contributed by atoms with Crippen LogP contribution in [0.3, 0.4) is 0 Å². The third-order valence-corrected chi connectivity index (χ3v) is 4.44. The van der Waals surface area contributed by atoms with Gasteiger partial charge >= 0.3 is 5.97 Å². The SMILES string of the molecule is Cc1cccc(NC(=O)CSC(C)C(=O)OCc2ccccc2)c1. The first-order chi connectivity index (χ1) is 11.5. The standard InChI is InChI=1S/C19H21NO3S/c1-14-7-6-10-17(11-14)20-18(21)13-24-15(2)19(22)23-12-16-8-4-3-5-9-16/h3-11,15H,12-13H2,1-2H3,(H,20,21). The Kier molecular flexibility index (Phi) is 6.88. The molecule has 0 aromatic heterocycles. The first kappa shape index (κ1) is 18.1. The Morgan fingerprint density at radius 2 is 1.88 bits per heavy atom. The van der Waals surface area contributed by atoms with E-state index >= 15 is 0 Å². The van der Waals surface area contributed by atoms with Crippen LogP contribution in [0.2, 0.25) is 0 Å². The molecule has 1 N–H and O–H groups in total. The van der Waals surface area contributed by atoms with Gasteiger partial charge in [0.25, 0.3) is 0 Å². The van der Waals surface area contributed by atoms with Crippen LogP contribution < -0.4 is 5.32 Å². The minimum atomic E-state index is -0.392. The van der Waals surface area contributed by atoms with Crippen molar-refractivity contribution in [3.8, 4) is 0 Å². The highest BCUT2D eigenvalue weighted by Crippen LogP contribution is 2.15. The lowest BCUT2D eigenvalue weighted by molar-refractivity contribution is -0.143. The molecule has 0 aliphatic carbocycles. The summed E-state index contributed by atoms with van der Waals surface area (Å²) in [5.41, 5.74) is 2.79. The first-order valence-corrected chi connectivity index (χ1v) is 8.78. The van der Waals surface area contributed by atoms with Gasteiger partial charge in [-0.1, -0.05) is 42.5 Å². The van der Waals surface area contributed by atoms with Gasteiger partial charge < -0.3 is 10.1 Å². The smallest absolute Gasteiger partial charge is 0.319 e. The van der Waals surface area contributed by atoms with Crippen molar-refractivity contribution in [2.75, 3.05) is 11.1 Å². The van der Waals surface area contributed by atoms with Gasteiger partial charge in [0.2, 0.25) is 5.91 Å². The summed E-state index contributed by atoms with van der Waals surface area (Å²) in [5, 5.41) is 2.43. The van der Waals surface area contributed by atoms with Crippen LogP contribution in [0, 0.1) is 6.92 Å². The summed E-state index contributed by atoms with van der Waals surface area (Å²) in [6, 6.07) is 17.1. The van der Waals surface area contributed by atoms with Gasteiger partial charge in [-0.05, 0) is 37.1 Å². The largest absolute Gasteiger partial charge is 0.460 e. The highest BCUT2D eigenvalue weighted by Gasteiger charge is 2.16. The summed E-state index contributed by atoms with van der Waals surface area (Å²) >= 11 is 1.26. The zero-order valence-electron chi connectivity index (χ0n) is 13.8. The van der Waals surface area contributed by atoms with E-state index in [2.05, 4.69) is 5.32 Å². The van der Waals surface area contributed by atoms with Gasteiger partial charge in [0.05, 0.1) is 5.75 Å². The monoisotopic (exact) mass is 343 g/mol. The summed E-state index contributed by atoms with van der Waals surface area (Å²) in [5.74, 6) is -0.240. The van der Waals surface area contributed by atoms with E-state index < -0.39 is 5.25 Å². The van der Waals surface area contributed by atoms with Gasteiger partial charge in [-0.25, -0.2) is 0 Å². The molecule has 2 rings (SSSR count). The fraction of sp³-hybridized carbons (Fsp3) is 0.263. The molecular formula is C19H21NO3S. The van der Waals surface area contributed by atoms with E-state index in [0.29, 0.717) is 0 Å². The lowest BCUT2D eigenvalue weighted by Gasteiger charge is -2.11. The van der Waals surface area contributed by atoms with Crippen molar-refractivity contribution in [1.29, 1.82) is 0 Å². The van der Waals surface area contributed by atoms with E-state index in [1.165, 1.54) is 11.8 Å². The van der Waals surface area contributed by atoms with E-state index in [9.17, 15) is 9.59 Å². The van der Waals surface area contributed by atoms with Crippen molar-refractivity contribution in [2.24, 2.45) is 0 Å². The molecule has 0 saturated heterocycles. The molecule has 1 amide bonds. The Bertz CT molecular complexity index is 688. The van der Waals surface area contributed by atoms with Crippen LogP contribution >= 0.6 is 11.8 Å². The summed E-state index contributed by atoms with van der Waals surface area (Å²) in [4.78, 5) is 23.9. The van der Waals surface area contributed by atoms with Gasteiger partial charge in [0.15, 0.2) is 0 Å². The molecule has 126 valence electrons. The number of nitrogens with one attached hydrogen (secondary N) is 1. The number of carbonyl (C=O) groups is 2. The number of benzene rings is 2. The quantitative estimate of drug-likeness (QED) is 0.777. The van der Waals surface area contributed by atoms with Crippen molar-refractivity contribution < 1.29 is 14.3 Å². The molecule has 2 aromatic carbocycles. The highest BCUT2D eigenvalue weighted by atomic mass is 32.2. The Balaban J connectivity index is 1.72. The van der Waals surface area contributed by atoms with E-state index in [1.807, 2.05) is 61.5 Å². The number of ether oxygens (including phenoxy) is 1. The van der Waals surface area contributed by atoms with Crippen LogP contribution in [0.5, 0.6) is 0 Å². The van der Waals surface area contributed by atoms with Gasteiger partial charge in [0, 0.05) is 5.69 Å². The fourth-order valence-electron chi connectivity index (χ4n) is 2.03. The molecule has 0 saturated carbocycles. The number of hydrogen-bond donors (Lipinski definition) is 1. The second-order valence-corrected chi connectivity index (χ2v) is 6.79. The Morgan fingerprint density at radius 1 is 1.12 bits per heavy atom. The Labute approximate surface area is 146 Å². The summed E-state index contributed by atoms with van der Waals surface area (Å²) in [6.45, 7) is 3.97. The number of rotatable bonds is 7. The van der Waals surface area contributed by atoms with Crippen LogP contribution in [0.15, 0.2) is 54.6 Å². The number of anilines is 1. The summed E-state index contributed by atoms with van der Waals surface area (Å²) in [7, 11) is 0. The van der Waals surface area contributed by atoms with Crippen molar-refractivity contribution >= 4 is 29.3 Å². The van der Waals surface area contributed by atoms with E-state index in [-0.39, 0.29) is 24.2 Å². The first-order valence-electron chi connectivity index (χ1n) is 7.73. The van der Waals surface area contributed by atoms with Gasteiger partial charge in [0.1, 0.15) is 11.9 Å². The molecule has 1 unspecified atom stereocenters. The molecule has 0 fully saturated rings. The molecule has 0 radical (unpaired) electrons. The minimum absolute atomic E-state index is 0.131. The average Bonchev–Trinajstić information content (AvgIpc) is 2.58. The maximum atomic E-state index is 12.0.